The van der Waals surface area contributed by atoms with Gasteiger partial charge in [-0.25, -0.2) is 19.2 Å². The summed E-state index contributed by atoms with van der Waals surface area (Å²) in [5.41, 5.74) is -3.35. The van der Waals surface area contributed by atoms with E-state index < -0.39 is 63.0 Å². The Morgan fingerprint density at radius 3 is 1.57 bits per heavy atom. The van der Waals surface area contributed by atoms with Gasteiger partial charge in [0.2, 0.25) is 0 Å². The van der Waals surface area contributed by atoms with Crippen LogP contribution in [0, 0.1) is 0 Å². The lowest BCUT2D eigenvalue weighted by molar-refractivity contribution is 0.0511. The van der Waals surface area contributed by atoms with Crippen LogP contribution in [0.25, 0.3) is 0 Å². The number of carboxylic acid groups (broad SMARTS) is 3. The highest BCUT2D eigenvalue weighted by molar-refractivity contribution is 6.21. The Morgan fingerprint density at radius 1 is 0.714 bits per heavy atom. The van der Waals surface area contributed by atoms with Gasteiger partial charge in [0.25, 0.3) is 0 Å². The van der Waals surface area contributed by atoms with Crippen molar-refractivity contribution in [1.82, 2.24) is 0 Å². The minimum atomic E-state index is -1.66. The highest BCUT2D eigenvalue weighted by Gasteiger charge is 2.29. The molecule has 0 saturated heterocycles. The number of rotatable bonds is 7. The van der Waals surface area contributed by atoms with Crippen LogP contribution in [0.4, 0.5) is 0 Å². The van der Waals surface area contributed by atoms with E-state index in [4.69, 9.17) is 4.74 Å². The second kappa shape index (κ2) is 8.12. The molecule has 0 aliphatic carbocycles. The van der Waals surface area contributed by atoms with Gasteiger partial charge in [0.1, 0.15) is 0 Å². The van der Waals surface area contributed by atoms with Crippen LogP contribution in [0.1, 0.15) is 64.3 Å². The number of hydrogen-bond donors (Lipinski definition) is 3. The monoisotopic (exact) mass is 386 g/mol. The molecule has 3 N–H and O–H groups in total. The fourth-order valence-corrected chi connectivity index (χ4v) is 2.64. The fraction of sp³-hybridized carbons (Fsp3) is 0.105. The van der Waals surface area contributed by atoms with Crippen molar-refractivity contribution in [2.45, 2.75) is 6.92 Å². The lowest BCUT2D eigenvalue weighted by Gasteiger charge is -2.13. The third-order valence-corrected chi connectivity index (χ3v) is 3.77. The predicted molar refractivity (Wildman–Crippen MR) is 93.2 cm³/mol. The van der Waals surface area contributed by atoms with Gasteiger partial charge in [-0.15, -0.1) is 0 Å². The number of aromatic carboxylic acids is 3. The summed E-state index contributed by atoms with van der Waals surface area (Å²) in [4.78, 5) is 59.6. The van der Waals surface area contributed by atoms with Crippen LogP contribution >= 0.6 is 0 Å². The average Bonchev–Trinajstić information content (AvgIpc) is 2.66. The average molecular weight is 386 g/mol. The molecule has 144 valence electrons. The largest absolute Gasteiger partial charge is 0.478 e. The van der Waals surface area contributed by atoms with Gasteiger partial charge in [0.15, 0.2) is 5.78 Å². The normalized spacial score (nSPS) is 10.2. The Kier molecular flexibility index (Phi) is 5.89. The van der Waals surface area contributed by atoms with E-state index in [1.54, 1.807) is 0 Å². The van der Waals surface area contributed by atoms with Crippen molar-refractivity contribution in [3.05, 3.63) is 69.8 Å². The molecule has 28 heavy (non-hydrogen) atoms. The molecule has 0 aliphatic heterocycles. The number of ether oxygens (including phenoxy) is 1. The van der Waals surface area contributed by atoms with E-state index in [9.17, 15) is 39.3 Å². The summed E-state index contributed by atoms with van der Waals surface area (Å²) < 4.78 is 4.82. The second-order valence-electron chi connectivity index (χ2n) is 5.42. The van der Waals surface area contributed by atoms with Crippen LogP contribution in [0.3, 0.4) is 0 Å². The Balaban J connectivity index is 2.79. The standard InChI is InChI=1S/C19H14O9/c1-2-28-19(27)14-10(6-4-8-12(14)17(23)24)15(20)9-5-3-7-11(16(21)22)13(9)18(25)26/h3-8H,2H2,1H3,(H,21,22)(H,23,24)(H,25,26). The predicted octanol–water partition coefficient (Wildman–Crippen LogP) is 2.19. The van der Waals surface area contributed by atoms with Crippen LogP contribution < -0.4 is 0 Å². The molecule has 0 radical (unpaired) electrons. The van der Waals surface area contributed by atoms with Crippen LogP contribution in [0.5, 0.6) is 0 Å². The molecule has 0 bridgehead atoms. The molecule has 0 aliphatic rings. The van der Waals surface area contributed by atoms with Gasteiger partial charge in [-0.05, 0) is 19.1 Å². The van der Waals surface area contributed by atoms with Gasteiger partial charge in [0.05, 0.1) is 28.9 Å². The number of carbonyl (C=O) groups excluding carboxylic acids is 2. The first kappa shape index (κ1) is 20.3. The van der Waals surface area contributed by atoms with Gasteiger partial charge in [0, 0.05) is 11.1 Å². The van der Waals surface area contributed by atoms with Crippen molar-refractivity contribution >= 4 is 29.7 Å². The van der Waals surface area contributed by atoms with Crippen molar-refractivity contribution < 1.29 is 44.0 Å². The van der Waals surface area contributed by atoms with Crippen molar-refractivity contribution in [3.8, 4) is 0 Å². The molecule has 9 nitrogen and oxygen atoms in total. The van der Waals surface area contributed by atoms with Crippen LogP contribution in [0.2, 0.25) is 0 Å². The first-order chi connectivity index (χ1) is 13.2. The smallest absolute Gasteiger partial charge is 0.339 e. The fourth-order valence-electron chi connectivity index (χ4n) is 2.64. The van der Waals surface area contributed by atoms with Crippen LogP contribution in [-0.2, 0) is 4.74 Å². The number of carboxylic acids is 3. The van der Waals surface area contributed by atoms with E-state index >= 15 is 0 Å². The molecule has 0 amide bonds. The Morgan fingerprint density at radius 2 is 1.14 bits per heavy atom. The topological polar surface area (TPSA) is 155 Å². The minimum Gasteiger partial charge on any atom is -0.478 e. The number of esters is 1. The molecule has 0 spiro atoms. The number of hydrogen-bond acceptors (Lipinski definition) is 6. The lowest BCUT2D eigenvalue weighted by Crippen LogP contribution is -2.20. The summed E-state index contributed by atoms with van der Waals surface area (Å²) >= 11 is 0. The molecular formula is C19H14O9. The van der Waals surface area contributed by atoms with Crippen molar-refractivity contribution in [1.29, 1.82) is 0 Å². The van der Waals surface area contributed by atoms with E-state index in [0.717, 1.165) is 24.3 Å². The van der Waals surface area contributed by atoms with Gasteiger partial charge < -0.3 is 20.1 Å². The van der Waals surface area contributed by atoms with E-state index in [2.05, 4.69) is 0 Å². The molecular weight excluding hydrogens is 372 g/mol. The first-order valence-corrected chi connectivity index (χ1v) is 7.88. The zero-order valence-electron chi connectivity index (χ0n) is 14.5. The highest BCUT2D eigenvalue weighted by atomic mass is 16.5. The molecule has 2 aromatic carbocycles. The third kappa shape index (κ3) is 3.73. The minimum absolute atomic E-state index is 0.0880. The van der Waals surface area contributed by atoms with Crippen LogP contribution in [-0.4, -0.2) is 51.6 Å². The van der Waals surface area contributed by atoms with Gasteiger partial charge in [-0.3, -0.25) is 4.79 Å². The molecule has 0 fully saturated rings. The third-order valence-electron chi connectivity index (χ3n) is 3.77. The molecule has 2 aromatic rings. The number of ketones is 1. The highest BCUT2D eigenvalue weighted by Crippen LogP contribution is 2.24. The number of carbonyl (C=O) groups is 5. The summed E-state index contributed by atoms with van der Waals surface area (Å²) in [7, 11) is 0. The van der Waals surface area contributed by atoms with Crippen molar-refractivity contribution in [2.75, 3.05) is 6.61 Å². The summed E-state index contributed by atoms with van der Waals surface area (Å²) in [5.74, 6) is -6.80. The van der Waals surface area contributed by atoms with Gasteiger partial charge in [-0.2, -0.15) is 0 Å². The number of benzene rings is 2. The zero-order valence-corrected chi connectivity index (χ0v) is 14.5. The summed E-state index contributed by atoms with van der Waals surface area (Å²) in [6, 6.07) is 6.72. The lowest BCUT2D eigenvalue weighted by atomic mass is 9.90. The molecule has 2 rings (SSSR count). The maximum Gasteiger partial charge on any atom is 0.339 e. The Labute approximate surface area is 157 Å². The maximum atomic E-state index is 13.0. The van der Waals surface area contributed by atoms with E-state index in [0.29, 0.717) is 0 Å². The molecule has 0 heterocycles. The Bertz CT molecular complexity index is 1000. The summed E-state index contributed by atoms with van der Waals surface area (Å²) in [6.07, 6.45) is 0. The molecule has 0 saturated carbocycles. The van der Waals surface area contributed by atoms with E-state index in [-0.39, 0.29) is 6.61 Å². The van der Waals surface area contributed by atoms with Gasteiger partial charge in [-0.1, -0.05) is 24.3 Å². The van der Waals surface area contributed by atoms with Crippen molar-refractivity contribution in [3.63, 3.8) is 0 Å². The van der Waals surface area contributed by atoms with Crippen LogP contribution in [0.15, 0.2) is 36.4 Å². The van der Waals surface area contributed by atoms with Crippen molar-refractivity contribution in [2.24, 2.45) is 0 Å². The second-order valence-corrected chi connectivity index (χ2v) is 5.42. The SMILES string of the molecule is CCOC(=O)c1c(C(=O)O)cccc1C(=O)c1cccc(C(=O)O)c1C(=O)O. The van der Waals surface area contributed by atoms with Gasteiger partial charge >= 0.3 is 23.9 Å². The summed E-state index contributed by atoms with van der Waals surface area (Å²) in [5, 5.41) is 27.9. The molecule has 0 atom stereocenters. The summed E-state index contributed by atoms with van der Waals surface area (Å²) in [6.45, 7) is 1.40. The van der Waals surface area contributed by atoms with E-state index in [1.807, 2.05) is 0 Å². The molecule has 0 unspecified atom stereocenters. The Hall–Kier alpha value is -4.01. The molecule has 0 aromatic heterocycles. The quantitative estimate of drug-likeness (QED) is 0.479. The maximum absolute atomic E-state index is 13.0. The zero-order chi connectivity index (χ0) is 21.0. The molecule has 9 heteroatoms. The first-order valence-electron chi connectivity index (χ1n) is 7.88. The van der Waals surface area contributed by atoms with E-state index in [1.165, 1.54) is 19.1 Å².